The molecule has 0 atom stereocenters. The third-order valence-corrected chi connectivity index (χ3v) is 5.05. The van der Waals surface area contributed by atoms with Gasteiger partial charge in [0.1, 0.15) is 10.6 Å². The van der Waals surface area contributed by atoms with Crippen molar-refractivity contribution >= 4 is 33.2 Å². The molecule has 0 aliphatic heterocycles. The van der Waals surface area contributed by atoms with Crippen LogP contribution in [0, 0.1) is 0 Å². The first-order chi connectivity index (χ1) is 10.4. The van der Waals surface area contributed by atoms with Crippen LogP contribution in [-0.2, 0) is 16.6 Å². The van der Waals surface area contributed by atoms with Crippen molar-refractivity contribution in [2.24, 2.45) is 0 Å². The highest BCUT2D eigenvalue weighted by Crippen LogP contribution is 2.33. The predicted molar refractivity (Wildman–Crippen MR) is 88.1 cm³/mol. The van der Waals surface area contributed by atoms with Crippen molar-refractivity contribution < 1.29 is 13.2 Å². The van der Waals surface area contributed by atoms with Gasteiger partial charge in [0.05, 0.1) is 16.7 Å². The summed E-state index contributed by atoms with van der Waals surface area (Å²) >= 11 is 12.1. The Morgan fingerprint density at radius 3 is 2.41 bits per heavy atom. The van der Waals surface area contributed by atoms with Crippen molar-refractivity contribution in [2.45, 2.75) is 18.4 Å². The quantitative estimate of drug-likeness (QED) is 0.851. The maximum atomic E-state index is 12.4. The number of sulfonamides is 1. The minimum atomic E-state index is -3.77. The molecule has 0 aliphatic rings. The Labute approximate surface area is 140 Å². The van der Waals surface area contributed by atoms with E-state index in [-0.39, 0.29) is 21.5 Å². The minimum Gasteiger partial charge on any atom is -0.492 e. The molecule has 118 valence electrons. The number of rotatable bonds is 6. The van der Waals surface area contributed by atoms with E-state index < -0.39 is 10.0 Å². The van der Waals surface area contributed by atoms with Crippen LogP contribution in [0.3, 0.4) is 0 Å². The second kappa shape index (κ2) is 7.33. The number of ether oxygens (including phenoxy) is 1. The van der Waals surface area contributed by atoms with Gasteiger partial charge in [-0.3, -0.25) is 0 Å². The molecule has 22 heavy (non-hydrogen) atoms. The van der Waals surface area contributed by atoms with E-state index in [0.29, 0.717) is 12.4 Å². The average molecular weight is 360 g/mol. The molecule has 0 radical (unpaired) electrons. The average Bonchev–Trinajstić information content (AvgIpc) is 2.50. The Morgan fingerprint density at radius 2 is 1.77 bits per heavy atom. The summed E-state index contributed by atoms with van der Waals surface area (Å²) in [5.74, 6) is 0.358. The van der Waals surface area contributed by atoms with E-state index in [4.69, 9.17) is 27.9 Å². The second-order valence-electron chi connectivity index (χ2n) is 4.46. The van der Waals surface area contributed by atoms with E-state index in [1.54, 1.807) is 6.92 Å². The summed E-state index contributed by atoms with van der Waals surface area (Å²) in [7, 11) is -3.77. The van der Waals surface area contributed by atoms with Gasteiger partial charge in [-0.05, 0) is 18.6 Å². The van der Waals surface area contributed by atoms with E-state index in [2.05, 4.69) is 4.72 Å². The molecule has 0 unspecified atom stereocenters. The summed E-state index contributed by atoms with van der Waals surface area (Å²) in [6, 6.07) is 11.9. The first-order valence-corrected chi connectivity index (χ1v) is 8.83. The van der Waals surface area contributed by atoms with E-state index in [0.717, 1.165) is 5.56 Å². The number of hydrogen-bond donors (Lipinski definition) is 1. The molecule has 0 aromatic heterocycles. The lowest BCUT2D eigenvalue weighted by Gasteiger charge is -2.12. The van der Waals surface area contributed by atoms with E-state index in [1.165, 1.54) is 12.1 Å². The molecule has 0 heterocycles. The van der Waals surface area contributed by atoms with Crippen LogP contribution >= 0.6 is 23.2 Å². The standard InChI is InChI=1S/C15H15Cl2NO3S/c1-2-21-14-8-13(17)15(9-12(14)16)22(19,20)18-10-11-6-4-3-5-7-11/h3-9,18H,2,10H2,1H3. The maximum absolute atomic E-state index is 12.4. The molecule has 2 rings (SSSR count). The van der Waals surface area contributed by atoms with Crippen LogP contribution in [0.4, 0.5) is 0 Å². The molecule has 0 fully saturated rings. The number of hydrogen-bond acceptors (Lipinski definition) is 3. The molecule has 0 aliphatic carbocycles. The highest BCUT2D eigenvalue weighted by molar-refractivity contribution is 7.89. The lowest BCUT2D eigenvalue weighted by molar-refractivity contribution is 0.340. The molecule has 0 saturated heterocycles. The molecular weight excluding hydrogens is 345 g/mol. The Balaban J connectivity index is 2.24. The lowest BCUT2D eigenvalue weighted by atomic mass is 10.2. The SMILES string of the molecule is CCOc1cc(Cl)c(S(=O)(=O)NCc2ccccc2)cc1Cl. The van der Waals surface area contributed by atoms with E-state index >= 15 is 0 Å². The van der Waals surface area contributed by atoms with Gasteiger partial charge >= 0.3 is 0 Å². The zero-order valence-electron chi connectivity index (χ0n) is 11.8. The largest absolute Gasteiger partial charge is 0.492 e. The topological polar surface area (TPSA) is 55.4 Å². The van der Waals surface area contributed by atoms with Crippen LogP contribution in [0.5, 0.6) is 5.75 Å². The molecule has 4 nitrogen and oxygen atoms in total. The molecule has 0 bridgehead atoms. The first-order valence-electron chi connectivity index (χ1n) is 6.59. The highest BCUT2D eigenvalue weighted by atomic mass is 35.5. The van der Waals surface area contributed by atoms with Crippen LogP contribution in [0.25, 0.3) is 0 Å². The zero-order chi connectivity index (χ0) is 16.2. The fraction of sp³-hybridized carbons (Fsp3) is 0.200. The number of halogens is 2. The van der Waals surface area contributed by atoms with Crippen molar-refractivity contribution in [1.82, 2.24) is 4.72 Å². The van der Waals surface area contributed by atoms with Crippen LogP contribution in [0.1, 0.15) is 12.5 Å². The third kappa shape index (κ3) is 4.14. The molecule has 1 N–H and O–H groups in total. The monoisotopic (exact) mass is 359 g/mol. The summed E-state index contributed by atoms with van der Waals surface area (Å²) < 4.78 is 32.5. The summed E-state index contributed by atoms with van der Waals surface area (Å²) in [5.41, 5.74) is 0.847. The smallest absolute Gasteiger partial charge is 0.242 e. The summed E-state index contributed by atoms with van der Waals surface area (Å²) in [4.78, 5) is -0.0708. The first kappa shape index (κ1) is 17.1. The van der Waals surface area contributed by atoms with Crippen molar-refractivity contribution in [3.8, 4) is 5.75 Å². The predicted octanol–water partition coefficient (Wildman–Crippen LogP) is 3.87. The Bertz CT molecular complexity index is 749. The highest BCUT2D eigenvalue weighted by Gasteiger charge is 2.20. The zero-order valence-corrected chi connectivity index (χ0v) is 14.2. The molecule has 2 aromatic rings. The normalized spacial score (nSPS) is 11.4. The van der Waals surface area contributed by atoms with Gasteiger partial charge in [0.25, 0.3) is 0 Å². The molecule has 2 aromatic carbocycles. The van der Waals surface area contributed by atoms with Crippen LogP contribution in [-0.4, -0.2) is 15.0 Å². The summed E-state index contributed by atoms with van der Waals surface area (Å²) in [6.45, 7) is 2.38. The van der Waals surface area contributed by atoms with Crippen molar-refractivity contribution in [2.75, 3.05) is 6.61 Å². The minimum absolute atomic E-state index is 0.0633. The molecule has 7 heteroatoms. The lowest BCUT2D eigenvalue weighted by Crippen LogP contribution is -2.23. The van der Waals surface area contributed by atoms with Crippen LogP contribution in [0.15, 0.2) is 47.4 Å². The second-order valence-corrected chi connectivity index (χ2v) is 7.01. The molecule has 0 spiro atoms. The van der Waals surface area contributed by atoms with E-state index in [1.807, 2.05) is 30.3 Å². The Morgan fingerprint density at radius 1 is 1.09 bits per heavy atom. The number of benzene rings is 2. The molecule has 0 amide bonds. The van der Waals surface area contributed by atoms with Gasteiger partial charge in [0.2, 0.25) is 10.0 Å². The van der Waals surface area contributed by atoms with E-state index in [9.17, 15) is 8.42 Å². The summed E-state index contributed by atoms with van der Waals surface area (Å²) in [6.07, 6.45) is 0. The van der Waals surface area contributed by atoms with Gasteiger partial charge in [-0.15, -0.1) is 0 Å². The molecule has 0 saturated carbocycles. The summed E-state index contributed by atoms with van der Waals surface area (Å²) in [5, 5.41) is 0.264. The van der Waals surface area contributed by atoms with Gasteiger partial charge < -0.3 is 4.74 Å². The fourth-order valence-electron chi connectivity index (χ4n) is 1.83. The Hall–Kier alpha value is -1.27. The van der Waals surface area contributed by atoms with Gasteiger partial charge in [-0.25, -0.2) is 13.1 Å². The van der Waals surface area contributed by atoms with Crippen LogP contribution < -0.4 is 9.46 Å². The van der Waals surface area contributed by atoms with Crippen molar-refractivity contribution in [1.29, 1.82) is 0 Å². The number of nitrogens with one attached hydrogen (secondary N) is 1. The Kier molecular flexibility index (Phi) is 5.69. The maximum Gasteiger partial charge on any atom is 0.242 e. The third-order valence-electron chi connectivity index (χ3n) is 2.88. The van der Waals surface area contributed by atoms with Gasteiger partial charge in [-0.2, -0.15) is 0 Å². The van der Waals surface area contributed by atoms with Crippen molar-refractivity contribution in [3.63, 3.8) is 0 Å². The van der Waals surface area contributed by atoms with Gasteiger partial charge in [-0.1, -0.05) is 53.5 Å². The van der Waals surface area contributed by atoms with Gasteiger partial charge in [0.15, 0.2) is 0 Å². The molecular formula is C15H15Cl2NO3S. The van der Waals surface area contributed by atoms with Gasteiger partial charge in [0, 0.05) is 12.6 Å². The van der Waals surface area contributed by atoms with Crippen LogP contribution in [0.2, 0.25) is 10.0 Å². The van der Waals surface area contributed by atoms with Crippen molar-refractivity contribution in [3.05, 3.63) is 58.1 Å². The fourth-order valence-corrected chi connectivity index (χ4v) is 3.68.